The van der Waals surface area contributed by atoms with Crippen molar-refractivity contribution in [2.45, 2.75) is 34.0 Å². The summed E-state index contributed by atoms with van der Waals surface area (Å²) in [7, 11) is 0. The van der Waals surface area contributed by atoms with Gasteiger partial charge in [0.2, 0.25) is 6.29 Å². The van der Waals surface area contributed by atoms with Crippen molar-refractivity contribution in [2.24, 2.45) is 11.3 Å². The maximum Gasteiger partial charge on any atom is 0.320 e. The molecule has 2 unspecified atom stereocenters. The Balaban J connectivity index is 2.56. The van der Waals surface area contributed by atoms with Crippen molar-refractivity contribution in [1.29, 1.82) is 0 Å². The topological polar surface area (TPSA) is 87.9 Å². The second-order valence-electron chi connectivity index (χ2n) is 6.06. The summed E-state index contributed by atoms with van der Waals surface area (Å²) in [6.45, 7) is 6.46. The number of ether oxygens (including phenoxy) is 2. The van der Waals surface area contributed by atoms with Crippen LogP contribution >= 0.6 is 0 Å². The molecule has 1 aromatic carbocycles. The molecular weight excluding hydrogens is 314 g/mol. The van der Waals surface area contributed by atoms with Crippen LogP contribution in [-0.2, 0) is 23.9 Å². The van der Waals surface area contributed by atoms with Crippen molar-refractivity contribution in [3.8, 4) is 0 Å². The van der Waals surface area contributed by atoms with Gasteiger partial charge in [0.1, 0.15) is 0 Å². The van der Waals surface area contributed by atoms with Crippen LogP contribution in [0.4, 0.5) is 0 Å². The van der Waals surface area contributed by atoms with Crippen LogP contribution in [0.3, 0.4) is 0 Å². The molecule has 0 saturated carbocycles. The normalized spacial score (nSPS) is 22.5. The molecule has 2 rings (SSSR count). The lowest BCUT2D eigenvalue weighted by Crippen LogP contribution is -2.55. The molecule has 0 N–H and O–H groups in total. The summed E-state index contributed by atoms with van der Waals surface area (Å²) in [5.41, 5.74) is -0.327. The molecule has 130 valence electrons. The molecule has 1 aliphatic rings. The van der Waals surface area contributed by atoms with E-state index in [4.69, 9.17) is 14.3 Å². The van der Waals surface area contributed by atoms with E-state index >= 15 is 0 Å². The molecule has 1 aromatic rings. The highest BCUT2D eigenvalue weighted by Crippen LogP contribution is 2.40. The van der Waals surface area contributed by atoms with Gasteiger partial charge in [0.15, 0.2) is 5.92 Å². The van der Waals surface area contributed by atoms with Crippen molar-refractivity contribution in [2.75, 3.05) is 6.61 Å². The van der Waals surface area contributed by atoms with Gasteiger partial charge in [0, 0.05) is 22.8 Å². The summed E-state index contributed by atoms with van der Waals surface area (Å²) in [5.74, 6) is -2.12. The van der Waals surface area contributed by atoms with E-state index in [9.17, 15) is 14.8 Å². The van der Waals surface area contributed by atoms with Crippen molar-refractivity contribution in [1.82, 2.24) is 0 Å². The fourth-order valence-corrected chi connectivity index (χ4v) is 2.72. The van der Waals surface area contributed by atoms with E-state index in [0.29, 0.717) is 5.56 Å². The third-order valence-electron chi connectivity index (χ3n) is 3.88. The fraction of sp³-hybridized carbons (Fsp3) is 0.471. The maximum absolute atomic E-state index is 12.6. The predicted molar refractivity (Wildman–Crippen MR) is 84.7 cm³/mol. The first-order valence-electron chi connectivity index (χ1n) is 7.69. The van der Waals surface area contributed by atoms with Crippen LogP contribution in [0.15, 0.2) is 30.3 Å². The third kappa shape index (κ3) is 3.34. The lowest BCUT2D eigenvalue weighted by atomic mass is 9.73. The summed E-state index contributed by atoms with van der Waals surface area (Å²) in [5, 5.41) is 12.5. The van der Waals surface area contributed by atoms with E-state index in [-0.39, 0.29) is 17.2 Å². The van der Waals surface area contributed by atoms with Crippen LogP contribution in [0.1, 0.15) is 33.3 Å². The van der Waals surface area contributed by atoms with E-state index < -0.39 is 29.6 Å². The number of rotatable bonds is 4. The summed E-state index contributed by atoms with van der Waals surface area (Å²) in [6, 6.07) is 8.72. The largest absolute Gasteiger partial charge is 0.465 e. The highest BCUT2D eigenvalue weighted by molar-refractivity contribution is 6.10. The zero-order valence-electron chi connectivity index (χ0n) is 14.1. The van der Waals surface area contributed by atoms with Crippen molar-refractivity contribution < 1.29 is 28.8 Å². The van der Waals surface area contributed by atoms with Crippen LogP contribution < -0.4 is 0 Å². The molecule has 0 fully saturated rings. The number of esters is 2. The molecule has 2 atom stereocenters. The summed E-state index contributed by atoms with van der Waals surface area (Å²) < 4.78 is 10.2. The molecule has 0 radical (unpaired) electrons. The summed E-state index contributed by atoms with van der Waals surface area (Å²) >= 11 is 0. The van der Waals surface area contributed by atoms with Gasteiger partial charge in [-0.3, -0.25) is 14.8 Å². The number of hydrogen-bond donors (Lipinski definition) is 0. The Labute approximate surface area is 140 Å². The molecule has 0 amide bonds. The molecule has 0 saturated heterocycles. The van der Waals surface area contributed by atoms with Gasteiger partial charge in [0.05, 0.1) is 6.61 Å². The van der Waals surface area contributed by atoms with Crippen molar-refractivity contribution in [3.63, 3.8) is 0 Å². The van der Waals surface area contributed by atoms with Gasteiger partial charge < -0.3 is 14.3 Å². The van der Waals surface area contributed by atoms with E-state index in [0.717, 1.165) is 0 Å². The second-order valence-corrected chi connectivity index (χ2v) is 6.06. The van der Waals surface area contributed by atoms with E-state index in [1.54, 1.807) is 51.1 Å². The molecule has 7 heteroatoms. The lowest BCUT2D eigenvalue weighted by Gasteiger charge is -2.41. The Morgan fingerprint density at radius 2 is 1.92 bits per heavy atom. The average molecular weight is 335 g/mol. The molecule has 1 heterocycles. The minimum absolute atomic E-state index is 0.127. The highest BCUT2D eigenvalue weighted by atomic mass is 16.9. The molecule has 1 aliphatic heterocycles. The lowest BCUT2D eigenvalue weighted by molar-refractivity contribution is -0.776. The van der Waals surface area contributed by atoms with Gasteiger partial charge in [-0.2, -0.15) is 0 Å². The molecule has 24 heavy (non-hydrogen) atoms. The van der Waals surface area contributed by atoms with Gasteiger partial charge in [-0.1, -0.05) is 32.0 Å². The molecule has 0 spiro atoms. The second kappa shape index (κ2) is 6.90. The van der Waals surface area contributed by atoms with Crippen LogP contribution in [0.25, 0.3) is 0 Å². The molecule has 7 nitrogen and oxygen atoms in total. The summed E-state index contributed by atoms with van der Waals surface area (Å²) in [6.07, 6.45) is -1.20. The zero-order valence-corrected chi connectivity index (χ0v) is 14.1. The van der Waals surface area contributed by atoms with Gasteiger partial charge in [-0.15, -0.1) is 0 Å². The van der Waals surface area contributed by atoms with E-state index in [2.05, 4.69) is 0 Å². The first-order valence-corrected chi connectivity index (χ1v) is 7.69. The van der Waals surface area contributed by atoms with Crippen LogP contribution in [0, 0.1) is 16.5 Å². The first kappa shape index (κ1) is 17.8. The zero-order chi connectivity index (χ0) is 17.9. The van der Waals surface area contributed by atoms with Crippen LogP contribution in [0.5, 0.6) is 0 Å². The number of carbonyl (C=O) groups excluding carboxylic acids is 2. The Morgan fingerprint density at radius 3 is 2.46 bits per heavy atom. The van der Waals surface area contributed by atoms with Crippen molar-refractivity contribution >= 4 is 17.7 Å². The Morgan fingerprint density at radius 1 is 1.29 bits per heavy atom. The Bertz CT molecular complexity index is 652. The number of carbonyl (C=O) groups is 2. The quantitative estimate of drug-likeness (QED) is 0.618. The molecule has 0 bridgehead atoms. The molecule has 0 aliphatic carbocycles. The Kier molecular flexibility index (Phi) is 5.11. The minimum atomic E-state index is -1.20. The van der Waals surface area contributed by atoms with Crippen molar-refractivity contribution in [3.05, 3.63) is 41.1 Å². The van der Waals surface area contributed by atoms with E-state index in [1.807, 2.05) is 0 Å². The number of hydrogen-bond acceptors (Lipinski definition) is 6. The SMILES string of the molecule is CCOC(=O)C1C(c2ccccc2)=[N+]([O-])OC(OC(C)=O)C1(C)C. The monoisotopic (exact) mass is 335 g/mol. The fourth-order valence-electron chi connectivity index (χ4n) is 2.72. The number of benzene rings is 1. The average Bonchev–Trinajstić information content (AvgIpc) is 2.51. The highest BCUT2D eigenvalue weighted by Gasteiger charge is 2.55. The number of nitrogens with zero attached hydrogens (tertiary/aromatic N) is 1. The van der Waals surface area contributed by atoms with E-state index in [1.165, 1.54) is 6.92 Å². The van der Waals surface area contributed by atoms with Gasteiger partial charge in [-0.05, 0) is 19.1 Å². The van der Waals surface area contributed by atoms with Gasteiger partial charge in [-0.25, -0.2) is 0 Å². The Hall–Kier alpha value is -2.57. The standard InChI is InChI=1S/C17H21NO6/c1-5-22-15(20)13-14(12-9-7-6-8-10-12)18(21)24-16(17(13,3)4)23-11(2)19/h6-10,13,16H,5H2,1-4H3. The smallest absolute Gasteiger partial charge is 0.320 e. The first-order chi connectivity index (χ1) is 11.3. The predicted octanol–water partition coefficient (Wildman–Crippen LogP) is 2.03. The molecule has 0 aromatic heterocycles. The molecular formula is C17H21NO6. The third-order valence-corrected chi connectivity index (χ3v) is 3.88. The summed E-state index contributed by atoms with van der Waals surface area (Å²) in [4.78, 5) is 29.4. The van der Waals surface area contributed by atoms with Crippen LogP contribution in [-0.4, -0.2) is 35.4 Å². The van der Waals surface area contributed by atoms with Gasteiger partial charge in [0.25, 0.3) is 5.71 Å². The van der Waals surface area contributed by atoms with Gasteiger partial charge >= 0.3 is 11.9 Å². The minimum Gasteiger partial charge on any atom is -0.465 e. The maximum atomic E-state index is 12.6. The van der Waals surface area contributed by atoms with Crippen LogP contribution in [0.2, 0.25) is 0 Å².